The molecule has 0 atom stereocenters. The minimum absolute atomic E-state index is 0.0139. The van der Waals surface area contributed by atoms with Gasteiger partial charge in [-0.2, -0.15) is 0 Å². The van der Waals surface area contributed by atoms with Gasteiger partial charge < -0.3 is 9.80 Å². The lowest BCUT2D eigenvalue weighted by Gasteiger charge is -2.17. The van der Waals surface area contributed by atoms with E-state index >= 15 is 0 Å². The topological polar surface area (TPSA) is 40.6 Å². The maximum Gasteiger partial charge on any atom is 0.248 e. The average molecular weight is 268 g/mol. The summed E-state index contributed by atoms with van der Waals surface area (Å²) in [4.78, 5) is 25.4. The summed E-state index contributed by atoms with van der Waals surface area (Å²) in [7, 11) is 0. The second kappa shape index (κ2) is 11.5. The Balaban J connectivity index is 0. The average Bonchev–Trinajstić information content (AvgIpc) is 2.41. The highest BCUT2D eigenvalue weighted by atomic mass is 16.2. The molecule has 0 aromatic rings. The van der Waals surface area contributed by atoms with Crippen LogP contribution in [0.4, 0.5) is 0 Å². The van der Waals surface area contributed by atoms with Crippen molar-refractivity contribution in [3.63, 3.8) is 0 Å². The molecule has 4 nitrogen and oxygen atoms in total. The van der Waals surface area contributed by atoms with E-state index < -0.39 is 0 Å². The van der Waals surface area contributed by atoms with Gasteiger partial charge in [-0.05, 0) is 40.7 Å². The van der Waals surface area contributed by atoms with Gasteiger partial charge in [0.25, 0.3) is 0 Å². The number of amides is 2. The summed E-state index contributed by atoms with van der Waals surface area (Å²) in [5.74, 6) is 0.0741. The fourth-order valence-electron chi connectivity index (χ4n) is 1.45. The largest absolute Gasteiger partial charge is 0.340 e. The van der Waals surface area contributed by atoms with Crippen molar-refractivity contribution < 1.29 is 9.59 Å². The smallest absolute Gasteiger partial charge is 0.248 e. The number of likely N-dealkylation sites (N-methyl/N-ethyl adjacent to an activating group) is 2. The van der Waals surface area contributed by atoms with Crippen molar-refractivity contribution in [3.8, 4) is 0 Å². The first-order valence-corrected chi connectivity index (χ1v) is 6.75. The first-order chi connectivity index (χ1) is 8.89. The highest BCUT2D eigenvalue weighted by Gasteiger charge is 2.08. The van der Waals surface area contributed by atoms with Gasteiger partial charge in [0.2, 0.25) is 11.8 Å². The number of nitrogens with zero attached hydrogens (tertiary/aromatic N) is 2. The van der Waals surface area contributed by atoms with E-state index in [1.54, 1.807) is 16.7 Å². The Kier molecular flexibility index (Phi) is 12.0. The van der Waals surface area contributed by atoms with E-state index in [-0.39, 0.29) is 11.8 Å². The Labute approximate surface area is 117 Å². The molecule has 0 aromatic heterocycles. The van der Waals surface area contributed by atoms with Crippen molar-refractivity contribution in [1.29, 1.82) is 0 Å². The molecule has 0 saturated heterocycles. The zero-order chi connectivity index (χ0) is 15.4. The van der Waals surface area contributed by atoms with Gasteiger partial charge in [0.1, 0.15) is 0 Å². The van der Waals surface area contributed by atoms with Gasteiger partial charge in [-0.1, -0.05) is 13.2 Å². The van der Waals surface area contributed by atoms with Crippen LogP contribution in [-0.4, -0.2) is 47.8 Å². The maximum atomic E-state index is 11.1. The normalized spacial score (nSPS) is 8.89. The Morgan fingerprint density at radius 1 is 0.947 bits per heavy atom. The van der Waals surface area contributed by atoms with Crippen molar-refractivity contribution in [2.75, 3.05) is 26.2 Å². The van der Waals surface area contributed by atoms with Crippen molar-refractivity contribution in [3.05, 3.63) is 24.8 Å². The molecule has 110 valence electrons. The molecule has 0 fully saturated rings. The van der Waals surface area contributed by atoms with Gasteiger partial charge in [0.15, 0.2) is 0 Å². The molecule has 2 amide bonds. The predicted molar refractivity (Wildman–Crippen MR) is 80.9 cm³/mol. The summed E-state index contributed by atoms with van der Waals surface area (Å²) >= 11 is 0. The van der Waals surface area contributed by atoms with Crippen LogP contribution in [0.3, 0.4) is 0 Å². The summed E-state index contributed by atoms with van der Waals surface area (Å²) in [5, 5.41) is 0. The molecule has 0 rings (SSSR count). The number of carbonyl (C=O) groups is 2. The standard InChI is InChI=1S/C8H15NO.C7H13NO/c1-5-9(6-2)8(10)7(3)4;1-4-7(9)8(5-2)6-3/h3,5-6H2,1-2,4H3;4H,1,5-6H2,2-3H3. The van der Waals surface area contributed by atoms with Crippen molar-refractivity contribution in [2.24, 2.45) is 0 Å². The molecule has 0 aromatic carbocycles. The van der Waals surface area contributed by atoms with E-state index in [9.17, 15) is 9.59 Å². The van der Waals surface area contributed by atoms with E-state index in [0.29, 0.717) is 5.57 Å². The fourth-order valence-corrected chi connectivity index (χ4v) is 1.45. The molecule has 0 aliphatic rings. The lowest BCUT2D eigenvalue weighted by molar-refractivity contribution is -0.127. The van der Waals surface area contributed by atoms with Gasteiger partial charge >= 0.3 is 0 Å². The molecule has 0 bridgehead atoms. The molecule has 0 heterocycles. The molecule has 19 heavy (non-hydrogen) atoms. The third kappa shape index (κ3) is 8.19. The van der Waals surface area contributed by atoms with Gasteiger partial charge in [0.05, 0.1) is 0 Å². The van der Waals surface area contributed by atoms with Crippen molar-refractivity contribution >= 4 is 11.8 Å². The van der Waals surface area contributed by atoms with E-state index in [2.05, 4.69) is 13.2 Å². The van der Waals surface area contributed by atoms with Crippen LogP contribution in [0.15, 0.2) is 24.8 Å². The number of hydrogen-bond donors (Lipinski definition) is 0. The molecular formula is C15H28N2O2. The number of carbonyl (C=O) groups excluding carboxylic acids is 2. The summed E-state index contributed by atoms with van der Waals surface area (Å²) in [6.07, 6.45) is 1.34. The predicted octanol–water partition coefficient (Wildman–Crippen LogP) is 2.47. The highest BCUT2D eigenvalue weighted by Crippen LogP contribution is 1.96. The van der Waals surface area contributed by atoms with Crippen LogP contribution in [0.1, 0.15) is 34.6 Å². The van der Waals surface area contributed by atoms with Gasteiger partial charge in [0, 0.05) is 31.8 Å². The SMILES string of the molecule is C=C(C)C(=O)N(CC)CC.C=CC(=O)N(CC)CC. The van der Waals surface area contributed by atoms with E-state index in [4.69, 9.17) is 0 Å². The monoisotopic (exact) mass is 268 g/mol. The van der Waals surface area contributed by atoms with Crippen LogP contribution in [0.5, 0.6) is 0 Å². The summed E-state index contributed by atoms with van der Waals surface area (Å²) < 4.78 is 0. The van der Waals surface area contributed by atoms with Gasteiger partial charge in [-0.3, -0.25) is 9.59 Å². The Morgan fingerprint density at radius 3 is 1.42 bits per heavy atom. The summed E-state index contributed by atoms with van der Waals surface area (Å²) in [6.45, 7) is 19.6. The Hall–Kier alpha value is -1.58. The molecule has 0 unspecified atom stereocenters. The fraction of sp³-hybridized carbons (Fsp3) is 0.600. The second-order valence-corrected chi connectivity index (χ2v) is 3.97. The van der Waals surface area contributed by atoms with Crippen molar-refractivity contribution in [2.45, 2.75) is 34.6 Å². The lowest BCUT2D eigenvalue weighted by Crippen LogP contribution is -2.30. The van der Waals surface area contributed by atoms with Crippen LogP contribution in [0, 0.1) is 0 Å². The van der Waals surface area contributed by atoms with Crippen LogP contribution in [-0.2, 0) is 9.59 Å². The van der Waals surface area contributed by atoms with E-state index in [0.717, 1.165) is 26.2 Å². The minimum Gasteiger partial charge on any atom is -0.340 e. The second-order valence-electron chi connectivity index (χ2n) is 3.97. The van der Waals surface area contributed by atoms with Crippen molar-refractivity contribution in [1.82, 2.24) is 9.80 Å². The highest BCUT2D eigenvalue weighted by molar-refractivity contribution is 5.92. The molecule has 4 heteroatoms. The first-order valence-electron chi connectivity index (χ1n) is 6.75. The van der Waals surface area contributed by atoms with Crippen LogP contribution < -0.4 is 0 Å². The summed E-state index contributed by atoms with van der Waals surface area (Å²) in [5.41, 5.74) is 0.615. The molecule has 0 aliphatic heterocycles. The molecule has 0 saturated carbocycles. The number of rotatable bonds is 6. The Morgan fingerprint density at radius 2 is 1.32 bits per heavy atom. The number of hydrogen-bond acceptors (Lipinski definition) is 2. The third-order valence-electron chi connectivity index (χ3n) is 2.67. The molecule has 0 radical (unpaired) electrons. The van der Waals surface area contributed by atoms with Gasteiger partial charge in [-0.15, -0.1) is 0 Å². The van der Waals surface area contributed by atoms with Crippen LogP contribution in [0.2, 0.25) is 0 Å². The zero-order valence-corrected chi connectivity index (χ0v) is 13.0. The van der Waals surface area contributed by atoms with E-state index in [1.807, 2.05) is 27.7 Å². The minimum atomic E-state index is 0.0139. The maximum absolute atomic E-state index is 11.1. The molecule has 0 spiro atoms. The lowest BCUT2D eigenvalue weighted by atomic mass is 10.3. The Bertz CT molecular complexity index is 303. The summed E-state index contributed by atoms with van der Waals surface area (Å²) in [6, 6.07) is 0. The van der Waals surface area contributed by atoms with E-state index in [1.165, 1.54) is 6.08 Å². The van der Waals surface area contributed by atoms with Gasteiger partial charge in [-0.25, -0.2) is 0 Å². The third-order valence-corrected chi connectivity index (χ3v) is 2.67. The zero-order valence-electron chi connectivity index (χ0n) is 13.0. The molecular weight excluding hydrogens is 240 g/mol. The molecule has 0 aliphatic carbocycles. The van der Waals surface area contributed by atoms with Crippen LogP contribution >= 0.6 is 0 Å². The quantitative estimate of drug-likeness (QED) is 0.694. The molecule has 0 N–H and O–H groups in total. The first kappa shape index (κ1) is 19.8. The van der Waals surface area contributed by atoms with Crippen LogP contribution in [0.25, 0.3) is 0 Å².